The van der Waals surface area contributed by atoms with Gasteiger partial charge in [0.15, 0.2) is 5.96 Å². The number of nitrogens with zero attached hydrogens (tertiary/aromatic N) is 1. The smallest absolute Gasteiger partial charge is 0.251 e. The number of nitrogens with one attached hydrogen (secondary N) is 3. The summed E-state index contributed by atoms with van der Waals surface area (Å²) in [6, 6.07) is 19.8. The Labute approximate surface area is 206 Å². The number of guanidine groups is 1. The molecule has 7 heteroatoms. The van der Waals surface area contributed by atoms with Crippen LogP contribution in [0.5, 0.6) is 0 Å². The lowest BCUT2D eigenvalue weighted by atomic mass is 10.0. The normalized spacial score (nSPS) is 11.9. The lowest BCUT2D eigenvalue weighted by Gasteiger charge is -2.17. The van der Waals surface area contributed by atoms with Crippen LogP contribution in [0.25, 0.3) is 0 Å². The second-order valence-corrected chi connectivity index (χ2v) is 7.58. The van der Waals surface area contributed by atoms with Crippen molar-refractivity contribution >= 4 is 35.8 Å². The monoisotopic (exact) mass is 546 g/mol. The average molecular weight is 546 g/mol. The Kier molecular flexibility index (Phi) is 10.3. The maximum atomic E-state index is 12.4. The van der Waals surface area contributed by atoms with Crippen LogP contribution in [0.2, 0.25) is 0 Å². The first kappa shape index (κ1) is 25.5. The van der Waals surface area contributed by atoms with Crippen molar-refractivity contribution in [2.75, 3.05) is 13.6 Å². The number of aryl methyl sites for hydroxylation is 1. The van der Waals surface area contributed by atoms with Crippen LogP contribution in [0, 0.1) is 6.92 Å². The number of carbonyl (C=O) groups is 1. The highest BCUT2D eigenvalue weighted by molar-refractivity contribution is 14.0. The van der Waals surface area contributed by atoms with Gasteiger partial charge in [0.2, 0.25) is 0 Å². The van der Waals surface area contributed by atoms with Crippen molar-refractivity contribution in [3.63, 3.8) is 0 Å². The molecule has 0 aliphatic rings. The van der Waals surface area contributed by atoms with Gasteiger partial charge in [0.05, 0.1) is 12.8 Å². The third-order valence-electron chi connectivity index (χ3n) is 5.10. The molecule has 0 radical (unpaired) electrons. The lowest BCUT2D eigenvalue weighted by molar-refractivity contribution is 0.0948. The van der Waals surface area contributed by atoms with E-state index in [0.717, 1.165) is 23.8 Å². The highest BCUT2D eigenvalue weighted by Gasteiger charge is 2.09. The van der Waals surface area contributed by atoms with Crippen LogP contribution in [-0.2, 0) is 13.1 Å². The third kappa shape index (κ3) is 7.71. The molecule has 1 heterocycles. The van der Waals surface area contributed by atoms with Crippen molar-refractivity contribution in [3.05, 3.63) is 94.9 Å². The van der Waals surface area contributed by atoms with E-state index in [4.69, 9.17) is 4.42 Å². The van der Waals surface area contributed by atoms with Gasteiger partial charge in [-0.3, -0.25) is 9.79 Å². The van der Waals surface area contributed by atoms with E-state index in [1.54, 1.807) is 25.4 Å². The summed E-state index contributed by atoms with van der Waals surface area (Å²) in [6.45, 7) is 5.99. The number of furan rings is 1. The predicted octanol–water partition coefficient (Wildman–Crippen LogP) is 4.60. The molecule has 0 fully saturated rings. The average Bonchev–Trinajstić information content (AvgIpc) is 3.32. The van der Waals surface area contributed by atoms with Gasteiger partial charge in [0.25, 0.3) is 5.91 Å². The zero-order valence-electron chi connectivity index (χ0n) is 18.7. The van der Waals surface area contributed by atoms with Gasteiger partial charge < -0.3 is 20.4 Å². The molecule has 2 aromatic carbocycles. The molecule has 0 saturated heterocycles. The maximum Gasteiger partial charge on any atom is 0.251 e. The molecule has 0 saturated carbocycles. The SMILES string of the molecule is CN=C(NCc1cccc(C(=O)NCc2ccco2)c1)NCC(C)c1ccc(C)cc1.I. The van der Waals surface area contributed by atoms with Crippen molar-refractivity contribution in [1.29, 1.82) is 0 Å². The minimum Gasteiger partial charge on any atom is -0.467 e. The predicted molar refractivity (Wildman–Crippen MR) is 140 cm³/mol. The molecular formula is C25H31IN4O2. The number of rotatable bonds is 8. The van der Waals surface area contributed by atoms with Crippen LogP contribution in [0.1, 0.15) is 45.7 Å². The first-order valence-electron chi connectivity index (χ1n) is 10.5. The van der Waals surface area contributed by atoms with E-state index in [-0.39, 0.29) is 29.9 Å². The van der Waals surface area contributed by atoms with Crippen molar-refractivity contribution in [2.24, 2.45) is 4.99 Å². The summed E-state index contributed by atoms with van der Waals surface area (Å²) in [5.74, 6) is 1.68. The Balaban J connectivity index is 0.00000363. The van der Waals surface area contributed by atoms with Crippen LogP contribution in [-0.4, -0.2) is 25.5 Å². The van der Waals surface area contributed by atoms with E-state index in [2.05, 4.69) is 59.1 Å². The van der Waals surface area contributed by atoms with Crippen LogP contribution < -0.4 is 16.0 Å². The zero-order chi connectivity index (χ0) is 22.1. The summed E-state index contributed by atoms with van der Waals surface area (Å²) < 4.78 is 5.25. The topological polar surface area (TPSA) is 78.7 Å². The fourth-order valence-corrected chi connectivity index (χ4v) is 3.17. The van der Waals surface area contributed by atoms with E-state index in [9.17, 15) is 4.79 Å². The summed E-state index contributed by atoms with van der Waals surface area (Å²) >= 11 is 0. The van der Waals surface area contributed by atoms with Crippen molar-refractivity contribution in [3.8, 4) is 0 Å². The van der Waals surface area contributed by atoms with Crippen molar-refractivity contribution < 1.29 is 9.21 Å². The molecule has 32 heavy (non-hydrogen) atoms. The highest BCUT2D eigenvalue weighted by atomic mass is 127. The van der Waals surface area contributed by atoms with Gasteiger partial charge in [-0.05, 0) is 48.2 Å². The van der Waals surface area contributed by atoms with Crippen LogP contribution >= 0.6 is 24.0 Å². The molecule has 6 nitrogen and oxygen atoms in total. The number of aliphatic imine (C=N–C) groups is 1. The van der Waals surface area contributed by atoms with Crippen molar-refractivity contribution in [2.45, 2.75) is 32.9 Å². The molecular weight excluding hydrogens is 515 g/mol. The number of hydrogen-bond acceptors (Lipinski definition) is 3. The molecule has 0 aliphatic carbocycles. The van der Waals surface area contributed by atoms with Gasteiger partial charge in [-0.1, -0.05) is 48.9 Å². The molecule has 170 valence electrons. The Bertz CT molecular complexity index is 1000. The first-order chi connectivity index (χ1) is 15.0. The van der Waals surface area contributed by atoms with E-state index in [1.165, 1.54) is 11.1 Å². The summed E-state index contributed by atoms with van der Waals surface area (Å²) in [7, 11) is 1.75. The Morgan fingerprint density at radius 3 is 2.47 bits per heavy atom. The van der Waals surface area contributed by atoms with Gasteiger partial charge >= 0.3 is 0 Å². The van der Waals surface area contributed by atoms with Crippen molar-refractivity contribution in [1.82, 2.24) is 16.0 Å². The second-order valence-electron chi connectivity index (χ2n) is 7.58. The number of amides is 1. The van der Waals surface area contributed by atoms with Gasteiger partial charge in [0, 0.05) is 25.7 Å². The van der Waals surface area contributed by atoms with Gasteiger partial charge in [-0.15, -0.1) is 24.0 Å². The molecule has 1 aromatic heterocycles. The van der Waals surface area contributed by atoms with E-state index < -0.39 is 0 Å². The van der Waals surface area contributed by atoms with E-state index in [1.807, 2.05) is 24.3 Å². The summed E-state index contributed by atoms with van der Waals surface area (Å²) in [5.41, 5.74) is 4.17. The van der Waals surface area contributed by atoms with E-state index >= 15 is 0 Å². The molecule has 3 N–H and O–H groups in total. The number of carbonyl (C=O) groups excluding carboxylic acids is 1. The summed E-state index contributed by atoms with van der Waals surface area (Å²) in [5, 5.41) is 9.56. The number of benzene rings is 2. The summed E-state index contributed by atoms with van der Waals surface area (Å²) in [4.78, 5) is 16.7. The first-order valence-corrected chi connectivity index (χ1v) is 10.5. The minimum absolute atomic E-state index is 0. The van der Waals surface area contributed by atoms with Gasteiger partial charge in [-0.2, -0.15) is 0 Å². The molecule has 0 bridgehead atoms. The van der Waals surface area contributed by atoms with Crippen LogP contribution in [0.3, 0.4) is 0 Å². The molecule has 3 rings (SSSR count). The third-order valence-corrected chi connectivity index (χ3v) is 5.10. The Morgan fingerprint density at radius 1 is 1.00 bits per heavy atom. The lowest BCUT2D eigenvalue weighted by Crippen LogP contribution is -2.38. The fourth-order valence-electron chi connectivity index (χ4n) is 3.17. The van der Waals surface area contributed by atoms with Gasteiger partial charge in [0.1, 0.15) is 5.76 Å². The maximum absolute atomic E-state index is 12.4. The van der Waals surface area contributed by atoms with Crippen LogP contribution in [0.15, 0.2) is 76.3 Å². The van der Waals surface area contributed by atoms with E-state index in [0.29, 0.717) is 24.6 Å². The highest BCUT2D eigenvalue weighted by Crippen LogP contribution is 2.14. The van der Waals surface area contributed by atoms with Gasteiger partial charge in [-0.25, -0.2) is 0 Å². The standard InChI is InChI=1S/C25H30N4O2.HI/c1-18-9-11-21(12-10-18)19(2)15-28-25(26-3)29-16-20-6-4-7-22(14-20)24(30)27-17-23-8-5-13-31-23;/h4-14,19H,15-17H2,1-3H3,(H,27,30)(H2,26,28,29);1H. The number of hydrogen-bond donors (Lipinski definition) is 3. The minimum atomic E-state index is -0.132. The molecule has 0 aliphatic heterocycles. The fraction of sp³-hybridized carbons (Fsp3) is 0.280. The largest absolute Gasteiger partial charge is 0.467 e. The number of halogens is 1. The molecule has 3 aromatic rings. The Hall–Kier alpha value is -2.81. The summed E-state index contributed by atoms with van der Waals surface area (Å²) in [6.07, 6.45) is 1.59. The Morgan fingerprint density at radius 2 is 1.78 bits per heavy atom. The molecule has 0 spiro atoms. The molecule has 1 atom stereocenters. The van der Waals surface area contributed by atoms with Crippen LogP contribution in [0.4, 0.5) is 0 Å². The molecule has 1 amide bonds. The zero-order valence-corrected chi connectivity index (χ0v) is 21.1. The second kappa shape index (κ2) is 12.9. The quantitative estimate of drug-likeness (QED) is 0.219. The molecule has 1 unspecified atom stereocenters.